The lowest BCUT2D eigenvalue weighted by Crippen LogP contribution is -2.08. The maximum Gasteiger partial charge on any atom is 0.248 e. The number of benzene rings is 1. The van der Waals surface area contributed by atoms with Crippen LogP contribution in [0.5, 0.6) is 5.75 Å². The Morgan fingerprint density at radius 1 is 1.59 bits per heavy atom. The molecule has 0 aromatic heterocycles. The molecule has 0 aliphatic rings. The van der Waals surface area contributed by atoms with E-state index < -0.39 is 12.6 Å². The average Bonchev–Trinajstić information content (AvgIpc) is 2.36. The highest BCUT2D eigenvalue weighted by Gasteiger charge is 2.04. The molecule has 1 amide bonds. The third kappa shape index (κ3) is 3.88. The summed E-state index contributed by atoms with van der Waals surface area (Å²) in [6.45, 7) is -0.870. The minimum atomic E-state index is -0.683. The van der Waals surface area contributed by atoms with Crippen molar-refractivity contribution in [3.05, 3.63) is 35.9 Å². The van der Waals surface area contributed by atoms with Gasteiger partial charge in [-0.05, 0) is 24.3 Å². The average molecular weight is 239 g/mol. The molecule has 0 spiro atoms. The summed E-state index contributed by atoms with van der Waals surface area (Å²) < 4.78 is 16.8. The van der Waals surface area contributed by atoms with E-state index in [2.05, 4.69) is 5.32 Å². The summed E-state index contributed by atoms with van der Waals surface area (Å²) in [5.41, 5.74) is 1.09. The topological polar surface area (TPSA) is 58.6 Å². The number of ether oxygens (including phenoxy) is 1. The third-order valence-electron chi connectivity index (χ3n) is 2.08. The predicted molar refractivity (Wildman–Crippen MR) is 62.7 cm³/mol. The van der Waals surface area contributed by atoms with Crippen molar-refractivity contribution < 1.29 is 19.0 Å². The van der Waals surface area contributed by atoms with Crippen molar-refractivity contribution in [1.82, 2.24) is 0 Å². The van der Waals surface area contributed by atoms with E-state index in [4.69, 9.17) is 9.84 Å². The van der Waals surface area contributed by atoms with E-state index in [0.29, 0.717) is 17.0 Å². The summed E-state index contributed by atoms with van der Waals surface area (Å²) in [5, 5.41) is 11.6. The Labute approximate surface area is 98.7 Å². The van der Waals surface area contributed by atoms with Crippen molar-refractivity contribution in [1.29, 1.82) is 0 Å². The molecule has 0 fully saturated rings. The van der Waals surface area contributed by atoms with Gasteiger partial charge >= 0.3 is 0 Å². The van der Waals surface area contributed by atoms with Gasteiger partial charge in [0.25, 0.3) is 0 Å². The summed E-state index contributed by atoms with van der Waals surface area (Å²) >= 11 is 0. The Bertz CT molecular complexity index is 418. The molecule has 0 unspecified atom stereocenters. The van der Waals surface area contributed by atoms with E-state index in [9.17, 15) is 9.18 Å². The Hall–Kier alpha value is -1.88. The molecule has 0 aliphatic heterocycles. The minimum absolute atomic E-state index is 0.187. The molecule has 5 heteroatoms. The van der Waals surface area contributed by atoms with Gasteiger partial charge in [-0.3, -0.25) is 4.79 Å². The van der Waals surface area contributed by atoms with Gasteiger partial charge in [-0.15, -0.1) is 0 Å². The molecule has 0 radical (unpaired) electrons. The van der Waals surface area contributed by atoms with Gasteiger partial charge in [-0.1, -0.05) is 0 Å². The second-order valence-electron chi connectivity index (χ2n) is 3.23. The second kappa shape index (κ2) is 6.65. The molecule has 1 aromatic rings. The highest BCUT2D eigenvalue weighted by atomic mass is 19.1. The molecule has 0 aliphatic carbocycles. The number of amides is 1. The highest BCUT2D eigenvalue weighted by Crippen LogP contribution is 2.22. The zero-order chi connectivity index (χ0) is 12.7. The van der Waals surface area contributed by atoms with Gasteiger partial charge in [0.2, 0.25) is 5.91 Å². The first kappa shape index (κ1) is 13.2. The fraction of sp³-hybridized carbons (Fsp3) is 0.250. The summed E-state index contributed by atoms with van der Waals surface area (Å²) in [5.74, 6) is 0.126. The van der Waals surface area contributed by atoms with Gasteiger partial charge in [0.05, 0.1) is 13.7 Å². The molecule has 2 N–H and O–H groups in total. The standard InChI is InChI=1S/C12H14FNO3/c1-17-11-5-4-10(7-9(11)8-15)14-12(16)3-2-6-13/h2-5,7,15H,6,8H2,1H3,(H,14,16)/b3-2+. The second-order valence-corrected chi connectivity index (χ2v) is 3.23. The van der Waals surface area contributed by atoms with Gasteiger partial charge in [0.1, 0.15) is 12.4 Å². The summed E-state index contributed by atoms with van der Waals surface area (Å²) in [4.78, 5) is 11.3. The normalized spacial score (nSPS) is 10.5. The van der Waals surface area contributed by atoms with E-state index in [1.807, 2.05) is 0 Å². The lowest BCUT2D eigenvalue weighted by Gasteiger charge is -2.08. The van der Waals surface area contributed by atoms with Crippen molar-refractivity contribution in [3.8, 4) is 5.75 Å². The number of anilines is 1. The molecule has 0 bridgehead atoms. The van der Waals surface area contributed by atoms with Gasteiger partial charge < -0.3 is 15.2 Å². The Kier molecular flexibility index (Phi) is 5.16. The van der Waals surface area contributed by atoms with E-state index in [1.54, 1.807) is 18.2 Å². The smallest absolute Gasteiger partial charge is 0.248 e. The Morgan fingerprint density at radius 3 is 2.94 bits per heavy atom. The number of halogens is 1. The highest BCUT2D eigenvalue weighted by molar-refractivity contribution is 5.99. The van der Waals surface area contributed by atoms with Crippen LogP contribution in [-0.2, 0) is 11.4 Å². The van der Waals surface area contributed by atoms with Crippen LogP contribution in [0.1, 0.15) is 5.56 Å². The van der Waals surface area contributed by atoms with Gasteiger partial charge in [0, 0.05) is 17.3 Å². The number of nitrogens with one attached hydrogen (secondary N) is 1. The number of allylic oxidation sites excluding steroid dienone is 1. The Balaban J connectivity index is 2.79. The number of aliphatic hydroxyl groups excluding tert-OH is 1. The van der Waals surface area contributed by atoms with Crippen LogP contribution >= 0.6 is 0 Å². The van der Waals surface area contributed by atoms with Crippen LogP contribution in [0, 0.1) is 0 Å². The first-order valence-corrected chi connectivity index (χ1v) is 5.02. The fourth-order valence-electron chi connectivity index (χ4n) is 1.32. The Morgan fingerprint density at radius 2 is 2.35 bits per heavy atom. The number of rotatable bonds is 5. The van der Waals surface area contributed by atoms with E-state index in [1.165, 1.54) is 7.11 Å². The number of hydrogen-bond acceptors (Lipinski definition) is 3. The van der Waals surface area contributed by atoms with E-state index in [-0.39, 0.29) is 6.61 Å². The number of alkyl halides is 1. The number of carbonyl (C=O) groups is 1. The first-order valence-electron chi connectivity index (χ1n) is 5.02. The SMILES string of the molecule is COc1ccc(NC(=O)/C=C/CF)cc1CO. The lowest BCUT2D eigenvalue weighted by atomic mass is 10.2. The van der Waals surface area contributed by atoms with Crippen LogP contribution in [0.3, 0.4) is 0 Å². The molecule has 0 saturated carbocycles. The predicted octanol–water partition coefficient (Wildman–Crippen LogP) is 1.65. The molecular weight excluding hydrogens is 225 g/mol. The molecule has 1 rings (SSSR count). The first-order chi connectivity index (χ1) is 8.21. The maximum atomic E-state index is 11.8. The molecule has 0 heterocycles. The van der Waals surface area contributed by atoms with Gasteiger partial charge in [0.15, 0.2) is 0 Å². The minimum Gasteiger partial charge on any atom is -0.496 e. The molecule has 0 atom stereocenters. The number of hydrogen-bond donors (Lipinski definition) is 2. The molecule has 17 heavy (non-hydrogen) atoms. The zero-order valence-corrected chi connectivity index (χ0v) is 9.44. The van der Waals surface area contributed by atoms with Crippen molar-refractivity contribution >= 4 is 11.6 Å². The summed E-state index contributed by atoms with van der Waals surface area (Å²) in [6, 6.07) is 4.87. The monoisotopic (exact) mass is 239 g/mol. The van der Waals surface area contributed by atoms with Crippen LogP contribution in [0.25, 0.3) is 0 Å². The van der Waals surface area contributed by atoms with Crippen LogP contribution in [-0.4, -0.2) is 24.8 Å². The number of carbonyl (C=O) groups excluding carboxylic acids is 1. The van der Waals surface area contributed by atoms with Crippen molar-refractivity contribution in [2.45, 2.75) is 6.61 Å². The maximum absolute atomic E-state index is 11.8. The van der Waals surface area contributed by atoms with Crippen LogP contribution in [0.4, 0.5) is 10.1 Å². The van der Waals surface area contributed by atoms with E-state index >= 15 is 0 Å². The zero-order valence-electron chi connectivity index (χ0n) is 9.44. The molecule has 1 aromatic carbocycles. The lowest BCUT2D eigenvalue weighted by molar-refractivity contribution is -0.111. The third-order valence-corrected chi connectivity index (χ3v) is 2.08. The van der Waals surface area contributed by atoms with Crippen molar-refractivity contribution in [2.24, 2.45) is 0 Å². The van der Waals surface area contributed by atoms with Gasteiger partial charge in [-0.2, -0.15) is 0 Å². The molecular formula is C12H14FNO3. The molecule has 92 valence electrons. The molecule has 0 saturated heterocycles. The number of aliphatic hydroxyl groups is 1. The number of methoxy groups -OCH3 is 1. The molecule has 4 nitrogen and oxygen atoms in total. The summed E-state index contributed by atoms with van der Waals surface area (Å²) in [7, 11) is 1.50. The van der Waals surface area contributed by atoms with Crippen molar-refractivity contribution in [3.63, 3.8) is 0 Å². The largest absolute Gasteiger partial charge is 0.496 e. The van der Waals surface area contributed by atoms with Gasteiger partial charge in [-0.25, -0.2) is 4.39 Å². The van der Waals surface area contributed by atoms with Crippen LogP contribution in [0.15, 0.2) is 30.4 Å². The van der Waals surface area contributed by atoms with Crippen LogP contribution in [0.2, 0.25) is 0 Å². The summed E-state index contributed by atoms with van der Waals surface area (Å²) in [6.07, 6.45) is 2.23. The van der Waals surface area contributed by atoms with Crippen molar-refractivity contribution in [2.75, 3.05) is 19.1 Å². The van der Waals surface area contributed by atoms with Crippen LogP contribution < -0.4 is 10.1 Å². The fourth-order valence-corrected chi connectivity index (χ4v) is 1.32. The van der Waals surface area contributed by atoms with E-state index in [0.717, 1.165) is 12.2 Å². The quantitative estimate of drug-likeness (QED) is 0.768.